The first-order chi connectivity index (χ1) is 7.48. The molecule has 0 aliphatic carbocycles. The van der Waals surface area contributed by atoms with Crippen molar-refractivity contribution in [3.8, 4) is 11.5 Å². The van der Waals surface area contributed by atoms with Crippen molar-refractivity contribution in [1.82, 2.24) is 9.78 Å². The zero-order valence-electron chi connectivity index (χ0n) is 9.60. The summed E-state index contributed by atoms with van der Waals surface area (Å²) in [4.78, 5) is 11.6. The Hall–Kier alpha value is -1.84. The molecule has 1 heterocycles. The third-order valence-electron chi connectivity index (χ3n) is 2.20. The smallest absolute Gasteiger partial charge is 0.388 e. The largest absolute Gasteiger partial charge is 0.437 e. The standard InChI is InChI=1S/C12H14N2O2/c1-12(2,3)14-11(15)16-10(13-14)9-7-5-4-6-8-9/h4-8H,1-3H3. The molecule has 2 aromatic rings. The van der Waals surface area contributed by atoms with Gasteiger partial charge in [0.2, 0.25) is 5.89 Å². The van der Waals surface area contributed by atoms with E-state index in [-0.39, 0.29) is 5.54 Å². The number of hydrogen-bond donors (Lipinski definition) is 0. The maximum atomic E-state index is 11.6. The third-order valence-corrected chi connectivity index (χ3v) is 2.20. The molecule has 0 atom stereocenters. The predicted molar refractivity (Wildman–Crippen MR) is 61.2 cm³/mol. The van der Waals surface area contributed by atoms with Gasteiger partial charge in [-0.2, -0.15) is 4.68 Å². The summed E-state index contributed by atoms with van der Waals surface area (Å²) >= 11 is 0. The van der Waals surface area contributed by atoms with Gasteiger partial charge in [-0.05, 0) is 32.9 Å². The molecule has 0 bridgehead atoms. The minimum Gasteiger partial charge on any atom is -0.388 e. The van der Waals surface area contributed by atoms with Crippen LogP contribution in [0.5, 0.6) is 0 Å². The van der Waals surface area contributed by atoms with E-state index in [1.807, 2.05) is 51.1 Å². The minimum atomic E-state index is -0.425. The molecule has 4 heteroatoms. The fraction of sp³-hybridized carbons (Fsp3) is 0.333. The van der Waals surface area contributed by atoms with Crippen LogP contribution in [0, 0.1) is 0 Å². The molecular weight excluding hydrogens is 204 g/mol. The summed E-state index contributed by atoms with van der Waals surface area (Å²) in [6.45, 7) is 5.73. The normalized spacial score (nSPS) is 11.7. The molecule has 1 aromatic carbocycles. The Balaban J connectivity index is 2.51. The van der Waals surface area contributed by atoms with Gasteiger partial charge in [0.1, 0.15) is 0 Å². The van der Waals surface area contributed by atoms with Crippen LogP contribution in [0.1, 0.15) is 20.8 Å². The van der Waals surface area contributed by atoms with Crippen molar-refractivity contribution in [2.75, 3.05) is 0 Å². The molecule has 2 rings (SSSR count). The first-order valence-corrected chi connectivity index (χ1v) is 5.14. The number of nitrogens with zero attached hydrogens (tertiary/aromatic N) is 2. The van der Waals surface area contributed by atoms with Crippen molar-refractivity contribution in [3.63, 3.8) is 0 Å². The highest BCUT2D eigenvalue weighted by molar-refractivity contribution is 5.51. The van der Waals surface area contributed by atoms with Crippen LogP contribution >= 0.6 is 0 Å². The lowest BCUT2D eigenvalue weighted by Gasteiger charge is -2.15. The summed E-state index contributed by atoms with van der Waals surface area (Å²) in [5.41, 5.74) is 0.441. The number of hydrogen-bond acceptors (Lipinski definition) is 3. The van der Waals surface area contributed by atoms with Crippen LogP contribution in [0.3, 0.4) is 0 Å². The molecule has 0 radical (unpaired) electrons. The molecule has 0 saturated heterocycles. The fourth-order valence-corrected chi connectivity index (χ4v) is 1.40. The van der Waals surface area contributed by atoms with Crippen LogP contribution < -0.4 is 5.76 Å². The second-order valence-corrected chi connectivity index (χ2v) is 4.62. The van der Waals surface area contributed by atoms with Crippen LogP contribution in [0.4, 0.5) is 0 Å². The second kappa shape index (κ2) is 3.63. The van der Waals surface area contributed by atoms with E-state index in [0.717, 1.165) is 5.56 Å². The van der Waals surface area contributed by atoms with Crippen LogP contribution in [-0.4, -0.2) is 9.78 Å². The molecule has 0 aliphatic rings. The van der Waals surface area contributed by atoms with E-state index < -0.39 is 5.76 Å². The third kappa shape index (κ3) is 1.91. The SMILES string of the molecule is CC(C)(C)n1nc(-c2ccccc2)oc1=O. The molecule has 0 amide bonds. The van der Waals surface area contributed by atoms with E-state index in [2.05, 4.69) is 5.10 Å². The summed E-state index contributed by atoms with van der Waals surface area (Å²) in [7, 11) is 0. The van der Waals surface area contributed by atoms with E-state index >= 15 is 0 Å². The Morgan fingerprint density at radius 2 is 1.81 bits per heavy atom. The minimum absolute atomic E-state index is 0.362. The van der Waals surface area contributed by atoms with Crippen molar-refractivity contribution in [2.45, 2.75) is 26.3 Å². The Morgan fingerprint density at radius 3 is 2.31 bits per heavy atom. The van der Waals surface area contributed by atoms with E-state index in [4.69, 9.17) is 4.42 Å². The Kier molecular flexibility index (Phi) is 2.42. The molecule has 0 unspecified atom stereocenters. The highest BCUT2D eigenvalue weighted by Crippen LogP contribution is 2.17. The van der Waals surface area contributed by atoms with Gasteiger partial charge >= 0.3 is 5.76 Å². The van der Waals surface area contributed by atoms with Crippen LogP contribution in [0.2, 0.25) is 0 Å². The number of aromatic nitrogens is 2. The zero-order valence-corrected chi connectivity index (χ0v) is 9.60. The van der Waals surface area contributed by atoms with Crippen molar-refractivity contribution < 1.29 is 4.42 Å². The molecule has 84 valence electrons. The highest BCUT2D eigenvalue weighted by atomic mass is 16.4. The average Bonchev–Trinajstić information content (AvgIpc) is 2.61. The van der Waals surface area contributed by atoms with Gasteiger partial charge in [-0.15, -0.1) is 5.10 Å². The van der Waals surface area contributed by atoms with Crippen LogP contribution in [0.15, 0.2) is 39.5 Å². The van der Waals surface area contributed by atoms with Gasteiger partial charge in [0, 0.05) is 5.56 Å². The van der Waals surface area contributed by atoms with Gasteiger partial charge in [-0.3, -0.25) is 0 Å². The lowest BCUT2D eigenvalue weighted by Crippen LogP contribution is -2.32. The number of benzene rings is 1. The molecule has 0 aliphatic heterocycles. The summed E-state index contributed by atoms with van der Waals surface area (Å²) in [5.74, 6) is -0.0631. The van der Waals surface area contributed by atoms with Gasteiger partial charge in [0.15, 0.2) is 0 Å². The molecule has 0 N–H and O–H groups in total. The first-order valence-electron chi connectivity index (χ1n) is 5.14. The Morgan fingerprint density at radius 1 is 1.19 bits per heavy atom. The highest BCUT2D eigenvalue weighted by Gasteiger charge is 2.20. The number of rotatable bonds is 1. The quantitative estimate of drug-likeness (QED) is 0.737. The first kappa shape index (κ1) is 10.7. The van der Waals surface area contributed by atoms with Crippen molar-refractivity contribution in [3.05, 3.63) is 40.9 Å². The maximum Gasteiger partial charge on any atom is 0.437 e. The lowest BCUT2D eigenvalue weighted by atomic mass is 10.1. The predicted octanol–water partition coefficient (Wildman–Crippen LogP) is 2.26. The van der Waals surface area contributed by atoms with Gasteiger partial charge < -0.3 is 4.42 Å². The molecule has 16 heavy (non-hydrogen) atoms. The average molecular weight is 218 g/mol. The Bertz CT molecular complexity index is 532. The molecule has 1 aromatic heterocycles. The van der Waals surface area contributed by atoms with Crippen molar-refractivity contribution in [2.24, 2.45) is 0 Å². The van der Waals surface area contributed by atoms with Gasteiger partial charge in [-0.1, -0.05) is 18.2 Å². The van der Waals surface area contributed by atoms with E-state index in [0.29, 0.717) is 5.89 Å². The summed E-state index contributed by atoms with van der Waals surface area (Å²) in [5, 5.41) is 4.19. The lowest BCUT2D eigenvalue weighted by molar-refractivity contribution is 0.325. The summed E-state index contributed by atoms with van der Waals surface area (Å²) in [6.07, 6.45) is 0. The van der Waals surface area contributed by atoms with Gasteiger partial charge in [0.05, 0.1) is 5.54 Å². The van der Waals surface area contributed by atoms with Crippen molar-refractivity contribution >= 4 is 0 Å². The molecule has 0 fully saturated rings. The maximum absolute atomic E-state index is 11.6. The van der Waals surface area contributed by atoms with Crippen molar-refractivity contribution in [1.29, 1.82) is 0 Å². The summed E-state index contributed by atoms with van der Waals surface area (Å²) in [6, 6.07) is 9.38. The topological polar surface area (TPSA) is 48.0 Å². The molecule has 4 nitrogen and oxygen atoms in total. The molecular formula is C12H14N2O2. The summed E-state index contributed by atoms with van der Waals surface area (Å²) < 4.78 is 6.48. The molecule has 0 saturated carbocycles. The van der Waals surface area contributed by atoms with E-state index in [1.54, 1.807) is 0 Å². The van der Waals surface area contributed by atoms with E-state index in [9.17, 15) is 4.79 Å². The van der Waals surface area contributed by atoms with Crippen LogP contribution in [0.25, 0.3) is 11.5 Å². The monoisotopic (exact) mass is 218 g/mol. The molecule has 0 spiro atoms. The van der Waals surface area contributed by atoms with Crippen LogP contribution in [-0.2, 0) is 5.54 Å². The van der Waals surface area contributed by atoms with Gasteiger partial charge in [-0.25, -0.2) is 4.79 Å². The Labute approximate surface area is 93.5 Å². The fourth-order valence-electron chi connectivity index (χ4n) is 1.40. The second-order valence-electron chi connectivity index (χ2n) is 4.62. The zero-order chi connectivity index (χ0) is 11.8. The van der Waals surface area contributed by atoms with E-state index in [1.165, 1.54) is 4.68 Å². The van der Waals surface area contributed by atoms with Gasteiger partial charge in [0.25, 0.3) is 0 Å².